The van der Waals surface area contributed by atoms with Gasteiger partial charge in [0.05, 0.1) is 23.5 Å². The van der Waals surface area contributed by atoms with E-state index in [9.17, 15) is 4.79 Å². The number of aromatic nitrogens is 2. The molecule has 1 aliphatic carbocycles. The van der Waals surface area contributed by atoms with E-state index < -0.39 is 0 Å². The van der Waals surface area contributed by atoms with E-state index in [1.165, 1.54) is 0 Å². The first-order chi connectivity index (χ1) is 10.8. The van der Waals surface area contributed by atoms with Crippen molar-refractivity contribution >= 4 is 28.5 Å². The largest absolute Gasteiger partial charge is 0.338 e. The Morgan fingerprint density at radius 1 is 1.36 bits per heavy atom. The van der Waals surface area contributed by atoms with Crippen molar-refractivity contribution in [2.75, 3.05) is 0 Å². The van der Waals surface area contributed by atoms with Crippen molar-refractivity contribution in [3.63, 3.8) is 0 Å². The van der Waals surface area contributed by atoms with Gasteiger partial charge in [-0.05, 0) is 12.8 Å². The molecule has 2 aromatic heterocycles. The SMILES string of the molecule is O=C(ON=Cc1c(-c2ccccc2)nc2sccn12)C1CC1. The summed E-state index contributed by atoms with van der Waals surface area (Å²) in [6.45, 7) is 0. The maximum Gasteiger partial charge on any atom is 0.338 e. The Kier molecular flexibility index (Phi) is 3.23. The molecular formula is C16H13N3O2S. The van der Waals surface area contributed by atoms with E-state index in [4.69, 9.17) is 4.84 Å². The van der Waals surface area contributed by atoms with E-state index >= 15 is 0 Å². The average molecular weight is 311 g/mol. The molecule has 2 heterocycles. The van der Waals surface area contributed by atoms with Gasteiger partial charge in [-0.25, -0.2) is 9.78 Å². The molecule has 1 aromatic carbocycles. The number of thiazole rings is 1. The van der Waals surface area contributed by atoms with Crippen molar-refractivity contribution in [3.8, 4) is 11.3 Å². The van der Waals surface area contributed by atoms with Crippen LogP contribution in [0.2, 0.25) is 0 Å². The van der Waals surface area contributed by atoms with Crippen molar-refractivity contribution < 1.29 is 9.63 Å². The summed E-state index contributed by atoms with van der Waals surface area (Å²) in [5.41, 5.74) is 2.65. The van der Waals surface area contributed by atoms with Gasteiger partial charge in [-0.3, -0.25) is 4.40 Å². The Bertz CT molecular complexity index is 847. The molecule has 22 heavy (non-hydrogen) atoms. The Balaban J connectivity index is 1.69. The zero-order valence-corrected chi connectivity index (χ0v) is 12.5. The van der Waals surface area contributed by atoms with Gasteiger partial charge in [-0.1, -0.05) is 35.5 Å². The summed E-state index contributed by atoms with van der Waals surface area (Å²) in [5.74, 6) is -0.207. The highest BCUT2D eigenvalue weighted by Crippen LogP contribution is 2.30. The summed E-state index contributed by atoms with van der Waals surface area (Å²) in [5, 5.41) is 5.82. The Morgan fingerprint density at radius 3 is 2.95 bits per heavy atom. The van der Waals surface area contributed by atoms with Crippen molar-refractivity contribution in [1.82, 2.24) is 9.38 Å². The Labute approximate surface area is 130 Å². The van der Waals surface area contributed by atoms with Gasteiger partial charge in [0.1, 0.15) is 0 Å². The molecule has 0 aliphatic heterocycles. The summed E-state index contributed by atoms with van der Waals surface area (Å²) >= 11 is 1.55. The van der Waals surface area contributed by atoms with Crippen LogP contribution in [-0.4, -0.2) is 21.6 Å². The summed E-state index contributed by atoms with van der Waals surface area (Å²) in [6.07, 6.45) is 5.31. The molecule has 1 aliphatic rings. The first-order valence-corrected chi connectivity index (χ1v) is 7.96. The number of nitrogens with zero attached hydrogens (tertiary/aromatic N) is 3. The van der Waals surface area contributed by atoms with Crippen LogP contribution < -0.4 is 0 Å². The van der Waals surface area contributed by atoms with Crippen molar-refractivity contribution in [3.05, 3.63) is 47.6 Å². The first kappa shape index (κ1) is 13.2. The van der Waals surface area contributed by atoms with E-state index in [0.29, 0.717) is 0 Å². The second-order valence-electron chi connectivity index (χ2n) is 5.19. The van der Waals surface area contributed by atoms with Crippen LogP contribution in [0, 0.1) is 5.92 Å². The molecule has 0 bridgehead atoms. The minimum Gasteiger partial charge on any atom is -0.318 e. The molecule has 4 rings (SSSR count). The third-order valence-electron chi connectivity index (χ3n) is 3.57. The molecule has 1 fully saturated rings. The zero-order chi connectivity index (χ0) is 14.9. The van der Waals surface area contributed by atoms with E-state index in [2.05, 4.69) is 10.1 Å². The highest BCUT2D eigenvalue weighted by Gasteiger charge is 2.31. The monoisotopic (exact) mass is 311 g/mol. The number of hydrogen-bond donors (Lipinski definition) is 0. The van der Waals surface area contributed by atoms with Gasteiger partial charge in [0.25, 0.3) is 0 Å². The predicted octanol–water partition coefficient (Wildman–Crippen LogP) is 3.35. The molecule has 0 atom stereocenters. The van der Waals surface area contributed by atoms with Gasteiger partial charge < -0.3 is 4.84 Å². The summed E-state index contributed by atoms with van der Waals surface area (Å²) in [6, 6.07) is 9.90. The van der Waals surface area contributed by atoms with Gasteiger partial charge in [0, 0.05) is 17.1 Å². The highest BCUT2D eigenvalue weighted by molar-refractivity contribution is 7.15. The quantitative estimate of drug-likeness (QED) is 0.422. The second kappa shape index (κ2) is 5.38. The minimum absolute atomic E-state index is 0.0392. The van der Waals surface area contributed by atoms with Crippen LogP contribution in [0.4, 0.5) is 0 Å². The number of hydrogen-bond acceptors (Lipinski definition) is 5. The van der Waals surface area contributed by atoms with Crippen LogP contribution in [-0.2, 0) is 9.63 Å². The van der Waals surface area contributed by atoms with Crippen LogP contribution in [0.25, 0.3) is 16.2 Å². The second-order valence-corrected chi connectivity index (χ2v) is 6.06. The maximum absolute atomic E-state index is 11.5. The maximum atomic E-state index is 11.5. The molecule has 0 radical (unpaired) electrons. The number of rotatable bonds is 4. The molecule has 0 saturated heterocycles. The number of imidazole rings is 1. The van der Waals surface area contributed by atoms with Crippen LogP contribution >= 0.6 is 11.3 Å². The third kappa shape index (κ3) is 2.42. The molecule has 0 unspecified atom stereocenters. The third-order valence-corrected chi connectivity index (χ3v) is 4.33. The lowest BCUT2D eigenvalue weighted by atomic mass is 10.1. The van der Waals surface area contributed by atoms with E-state index in [1.807, 2.05) is 46.3 Å². The average Bonchev–Trinajstić information content (AvgIpc) is 3.20. The highest BCUT2D eigenvalue weighted by atomic mass is 32.1. The normalized spacial score (nSPS) is 14.7. The van der Waals surface area contributed by atoms with Crippen molar-refractivity contribution in [1.29, 1.82) is 0 Å². The summed E-state index contributed by atoms with van der Waals surface area (Å²) < 4.78 is 1.95. The fraction of sp³-hybridized carbons (Fsp3) is 0.188. The van der Waals surface area contributed by atoms with Crippen LogP contribution in [0.1, 0.15) is 18.5 Å². The molecule has 6 heteroatoms. The number of fused-ring (bicyclic) bond motifs is 1. The van der Waals surface area contributed by atoms with Crippen molar-refractivity contribution in [2.45, 2.75) is 12.8 Å². The number of carbonyl (C=O) groups excluding carboxylic acids is 1. The van der Waals surface area contributed by atoms with Gasteiger partial charge in [0.15, 0.2) is 4.96 Å². The fourth-order valence-electron chi connectivity index (χ4n) is 2.26. The van der Waals surface area contributed by atoms with E-state index in [0.717, 1.165) is 34.8 Å². The Morgan fingerprint density at radius 2 is 2.18 bits per heavy atom. The molecule has 0 spiro atoms. The van der Waals surface area contributed by atoms with E-state index in [-0.39, 0.29) is 11.9 Å². The minimum atomic E-state index is -0.247. The van der Waals surface area contributed by atoms with Crippen LogP contribution in [0.5, 0.6) is 0 Å². The number of benzene rings is 1. The van der Waals surface area contributed by atoms with E-state index in [1.54, 1.807) is 17.6 Å². The smallest absolute Gasteiger partial charge is 0.318 e. The lowest BCUT2D eigenvalue weighted by Gasteiger charge is -1.99. The van der Waals surface area contributed by atoms with Crippen LogP contribution in [0.3, 0.4) is 0 Å². The van der Waals surface area contributed by atoms with Crippen LogP contribution in [0.15, 0.2) is 47.1 Å². The van der Waals surface area contributed by atoms with Gasteiger partial charge in [-0.15, -0.1) is 11.3 Å². The van der Waals surface area contributed by atoms with Crippen molar-refractivity contribution in [2.24, 2.45) is 11.1 Å². The Hall–Kier alpha value is -2.47. The standard InChI is InChI=1S/C16H13N3O2S/c20-15(12-6-7-12)21-17-10-13-14(11-4-2-1-3-5-11)18-16-19(13)8-9-22-16/h1-5,8-10,12H,6-7H2. The lowest BCUT2D eigenvalue weighted by Crippen LogP contribution is -2.02. The predicted molar refractivity (Wildman–Crippen MR) is 84.9 cm³/mol. The molecule has 1 saturated carbocycles. The van der Waals surface area contributed by atoms with Gasteiger partial charge in [-0.2, -0.15) is 0 Å². The summed E-state index contributed by atoms with van der Waals surface area (Å²) in [7, 11) is 0. The zero-order valence-electron chi connectivity index (χ0n) is 11.7. The molecule has 5 nitrogen and oxygen atoms in total. The number of carbonyl (C=O) groups is 1. The fourth-order valence-corrected chi connectivity index (χ4v) is 2.98. The van der Waals surface area contributed by atoms with Gasteiger partial charge >= 0.3 is 5.97 Å². The molecule has 110 valence electrons. The first-order valence-electron chi connectivity index (χ1n) is 7.08. The molecule has 3 aromatic rings. The number of oxime groups is 1. The molecule has 0 amide bonds. The molecular weight excluding hydrogens is 298 g/mol. The topological polar surface area (TPSA) is 56.0 Å². The summed E-state index contributed by atoms with van der Waals surface area (Å²) in [4.78, 5) is 22.0. The molecule has 0 N–H and O–H groups in total. The lowest BCUT2D eigenvalue weighted by molar-refractivity contribution is -0.145. The van der Waals surface area contributed by atoms with Gasteiger partial charge in [0.2, 0.25) is 0 Å².